The van der Waals surface area contributed by atoms with Gasteiger partial charge in [0.2, 0.25) is 0 Å². The lowest BCUT2D eigenvalue weighted by Gasteiger charge is -2.44. The standard InChI is InChI=1S/C28H33N3O2/c1-21(22-13-6-3-7-14-22)31(2,25(27(30)32)19-12-20-29)28(33)26(23-15-8-4-9-16-23)24-17-10-5-11-18-24/h3-11,13-18,21,25-26H,12,19-20,29H2,1-2H3,(H-,30,32)/p+1/t21?,25-,31+/m0/s1. The number of amides is 2. The number of nitrogens with two attached hydrogens (primary N) is 2. The topological polar surface area (TPSA) is 86.2 Å². The molecule has 3 aromatic rings. The lowest BCUT2D eigenvalue weighted by molar-refractivity contribution is -0.881. The number of primary amides is 1. The average Bonchev–Trinajstić information content (AvgIpc) is 2.85. The molecule has 3 aromatic carbocycles. The third-order valence-electron chi connectivity index (χ3n) is 6.73. The quantitative estimate of drug-likeness (QED) is 0.461. The van der Waals surface area contributed by atoms with E-state index in [1.165, 1.54) is 0 Å². The molecule has 0 aliphatic rings. The SMILES string of the molecule is CC(c1ccccc1)[N@@+](C)(C(=O)C(c1ccccc1)c1ccccc1)[C@@H](CCCN)C(N)=O. The second kappa shape index (κ2) is 11.0. The van der Waals surface area contributed by atoms with Gasteiger partial charge in [-0.1, -0.05) is 91.0 Å². The molecular weight excluding hydrogens is 410 g/mol. The van der Waals surface area contributed by atoms with Crippen molar-refractivity contribution in [2.75, 3.05) is 13.6 Å². The zero-order valence-corrected chi connectivity index (χ0v) is 19.4. The largest absolute Gasteiger partial charge is 0.364 e. The van der Waals surface area contributed by atoms with Crippen molar-refractivity contribution >= 4 is 11.8 Å². The summed E-state index contributed by atoms with van der Waals surface area (Å²) in [6.45, 7) is 2.43. The number of quaternary nitrogens is 1. The Morgan fingerprint density at radius 2 is 1.21 bits per heavy atom. The fourth-order valence-corrected chi connectivity index (χ4v) is 4.69. The van der Waals surface area contributed by atoms with Gasteiger partial charge in [-0.3, -0.25) is 4.79 Å². The van der Waals surface area contributed by atoms with Gasteiger partial charge >= 0.3 is 5.91 Å². The van der Waals surface area contributed by atoms with E-state index in [1.807, 2.05) is 105 Å². The molecule has 0 fully saturated rings. The van der Waals surface area contributed by atoms with Crippen LogP contribution in [-0.2, 0) is 9.59 Å². The van der Waals surface area contributed by atoms with Crippen LogP contribution in [0.1, 0.15) is 48.4 Å². The van der Waals surface area contributed by atoms with Crippen molar-refractivity contribution in [2.24, 2.45) is 11.5 Å². The molecule has 0 saturated carbocycles. The highest BCUT2D eigenvalue weighted by atomic mass is 16.2. The molecule has 172 valence electrons. The molecule has 3 rings (SSSR count). The first kappa shape index (κ1) is 24.4. The summed E-state index contributed by atoms with van der Waals surface area (Å²) >= 11 is 0. The molecule has 4 N–H and O–H groups in total. The summed E-state index contributed by atoms with van der Waals surface area (Å²) in [5.41, 5.74) is 14.5. The highest BCUT2D eigenvalue weighted by molar-refractivity contribution is 5.86. The minimum absolute atomic E-state index is 0.0652. The first-order valence-corrected chi connectivity index (χ1v) is 11.5. The highest BCUT2D eigenvalue weighted by Crippen LogP contribution is 2.38. The van der Waals surface area contributed by atoms with Gasteiger partial charge in [-0.2, -0.15) is 0 Å². The normalized spacial score (nSPS) is 14.9. The van der Waals surface area contributed by atoms with E-state index in [0.717, 1.165) is 16.7 Å². The minimum Gasteiger partial charge on any atom is -0.364 e. The van der Waals surface area contributed by atoms with Crippen molar-refractivity contribution in [3.05, 3.63) is 108 Å². The van der Waals surface area contributed by atoms with Crippen LogP contribution in [0.5, 0.6) is 0 Å². The van der Waals surface area contributed by atoms with Gasteiger partial charge in [0.1, 0.15) is 12.0 Å². The van der Waals surface area contributed by atoms with Gasteiger partial charge in [-0.25, -0.2) is 9.28 Å². The number of hydrogen-bond donors (Lipinski definition) is 2. The predicted molar refractivity (Wildman–Crippen MR) is 132 cm³/mol. The average molecular weight is 445 g/mol. The second-order valence-electron chi connectivity index (χ2n) is 8.68. The predicted octanol–water partition coefficient (Wildman–Crippen LogP) is 4.15. The molecule has 0 aromatic heterocycles. The van der Waals surface area contributed by atoms with Crippen molar-refractivity contribution in [3.63, 3.8) is 0 Å². The first-order valence-electron chi connectivity index (χ1n) is 11.5. The third-order valence-corrected chi connectivity index (χ3v) is 6.73. The van der Waals surface area contributed by atoms with Crippen LogP contribution in [-0.4, -0.2) is 35.9 Å². The Labute approximate surface area is 196 Å². The zero-order chi connectivity index (χ0) is 23.8. The van der Waals surface area contributed by atoms with E-state index in [4.69, 9.17) is 11.5 Å². The Morgan fingerprint density at radius 1 is 0.788 bits per heavy atom. The highest BCUT2D eigenvalue weighted by Gasteiger charge is 2.51. The number of carbonyl (C=O) groups excluding carboxylic acids is 2. The fourth-order valence-electron chi connectivity index (χ4n) is 4.69. The van der Waals surface area contributed by atoms with Gasteiger partial charge in [-0.15, -0.1) is 0 Å². The van der Waals surface area contributed by atoms with Crippen LogP contribution in [0.15, 0.2) is 91.0 Å². The van der Waals surface area contributed by atoms with E-state index >= 15 is 0 Å². The smallest absolute Gasteiger partial charge is 0.326 e. The molecule has 0 aliphatic heterocycles. The molecule has 1 unspecified atom stereocenters. The Balaban J connectivity index is 2.20. The molecule has 0 spiro atoms. The van der Waals surface area contributed by atoms with Gasteiger partial charge in [0, 0.05) is 12.0 Å². The first-order chi connectivity index (χ1) is 15.9. The maximum absolute atomic E-state index is 14.6. The van der Waals surface area contributed by atoms with Crippen LogP contribution in [0.4, 0.5) is 0 Å². The number of benzene rings is 3. The molecule has 5 nitrogen and oxygen atoms in total. The van der Waals surface area contributed by atoms with Crippen molar-refractivity contribution < 1.29 is 14.1 Å². The molecule has 0 bridgehead atoms. The Bertz CT molecular complexity index is 1000. The van der Waals surface area contributed by atoms with Gasteiger partial charge < -0.3 is 11.5 Å². The third kappa shape index (κ3) is 5.21. The molecule has 0 heterocycles. The molecule has 0 saturated heterocycles. The van der Waals surface area contributed by atoms with Gasteiger partial charge in [0.05, 0.1) is 7.05 Å². The van der Waals surface area contributed by atoms with E-state index in [2.05, 4.69) is 0 Å². The molecule has 3 atom stereocenters. The van der Waals surface area contributed by atoms with Crippen LogP contribution >= 0.6 is 0 Å². The van der Waals surface area contributed by atoms with Crippen molar-refractivity contribution in [2.45, 2.75) is 37.8 Å². The summed E-state index contributed by atoms with van der Waals surface area (Å²) in [5.74, 6) is -1.09. The molecule has 33 heavy (non-hydrogen) atoms. The molecule has 0 aliphatic carbocycles. The molecular formula is C28H34N3O2+. The molecule has 5 heteroatoms. The van der Waals surface area contributed by atoms with Gasteiger partial charge in [0.15, 0.2) is 6.04 Å². The molecule has 0 radical (unpaired) electrons. The summed E-state index contributed by atoms with van der Waals surface area (Å²) in [4.78, 5) is 27.4. The Kier molecular flexibility index (Phi) is 8.15. The van der Waals surface area contributed by atoms with Crippen LogP contribution in [0.25, 0.3) is 0 Å². The number of likely N-dealkylation sites (N-methyl/N-ethyl adjacent to an activating group) is 1. The summed E-state index contributed by atoms with van der Waals surface area (Å²) in [5, 5.41) is 0. The van der Waals surface area contributed by atoms with Crippen LogP contribution in [0.3, 0.4) is 0 Å². The monoisotopic (exact) mass is 444 g/mol. The number of hydrogen-bond acceptors (Lipinski definition) is 3. The van der Waals surface area contributed by atoms with Crippen molar-refractivity contribution in [1.29, 1.82) is 0 Å². The van der Waals surface area contributed by atoms with E-state index < -0.39 is 17.9 Å². The minimum atomic E-state index is -0.703. The summed E-state index contributed by atoms with van der Waals surface area (Å²) in [6.07, 6.45) is 1.05. The maximum Gasteiger partial charge on any atom is 0.326 e. The lowest BCUT2D eigenvalue weighted by atomic mass is 9.86. The van der Waals surface area contributed by atoms with E-state index in [1.54, 1.807) is 0 Å². The van der Waals surface area contributed by atoms with E-state index in [9.17, 15) is 9.59 Å². The van der Waals surface area contributed by atoms with Crippen LogP contribution in [0.2, 0.25) is 0 Å². The zero-order valence-electron chi connectivity index (χ0n) is 19.4. The number of nitrogens with zero attached hydrogens (tertiary/aromatic N) is 1. The van der Waals surface area contributed by atoms with Crippen LogP contribution < -0.4 is 11.5 Å². The molecule has 2 amide bonds. The second-order valence-corrected chi connectivity index (χ2v) is 8.68. The van der Waals surface area contributed by atoms with Gasteiger partial charge in [0.25, 0.3) is 5.91 Å². The Morgan fingerprint density at radius 3 is 1.61 bits per heavy atom. The van der Waals surface area contributed by atoms with E-state index in [-0.39, 0.29) is 16.4 Å². The maximum atomic E-state index is 14.6. The number of rotatable bonds is 10. The van der Waals surface area contributed by atoms with Crippen LogP contribution in [0, 0.1) is 0 Å². The van der Waals surface area contributed by atoms with Gasteiger partial charge in [-0.05, 0) is 31.0 Å². The van der Waals surface area contributed by atoms with E-state index in [0.29, 0.717) is 19.4 Å². The van der Waals surface area contributed by atoms with Crippen molar-refractivity contribution in [1.82, 2.24) is 0 Å². The summed E-state index contributed by atoms with van der Waals surface area (Å²) < 4.78 is -0.131. The Hall–Kier alpha value is -3.28. The van der Waals surface area contributed by atoms with Crippen molar-refractivity contribution in [3.8, 4) is 0 Å². The number of carbonyl (C=O) groups is 2. The fraction of sp³-hybridized carbons (Fsp3) is 0.286. The summed E-state index contributed by atoms with van der Waals surface area (Å²) in [6, 6.07) is 28.3. The summed E-state index contributed by atoms with van der Waals surface area (Å²) in [7, 11) is 1.85. The lowest BCUT2D eigenvalue weighted by Crippen LogP contribution is -2.63.